The monoisotopic (exact) mass is 529 g/mol. The number of carbonyl (C=O) groups is 2. The van der Waals surface area contributed by atoms with Crippen LogP contribution >= 0.6 is 0 Å². The van der Waals surface area contributed by atoms with E-state index in [1.165, 1.54) is 0 Å². The molecule has 2 rings (SSSR count). The largest absolute Gasteiger partial charge is 0.430 e. The van der Waals surface area contributed by atoms with E-state index in [4.69, 9.17) is 9.68 Å². The van der Waals surface area contributed by atoms with Crippen LogP contribution in [0.4, 0.5) is 14.8 Å². The first-order valence-electron chi connectivity index (χ1n) is 10.4. The fraction of sp³-hybridized carbons (Fsp3) is 0.429. The second-order valence-corrected chi connectivity index (χ2v) is 9.97. The lowest BCUT2D eigenvalue weighted by Gasteiger charge is -2.31. The van der Waals surface area contributed by atoms with Crippen LogP contribution in [0.3, 0.4) is 0 Å². The van der Waals surface area contributed by atoms with Gasteiger partial charge in [-0.25, -0.2) is 21.5 Å². The third kappa shape index (κ3) is 7.70. The summed E-state index contributed by atoms with van der Waals surface area (Å²) in [5, 5.41) is 35.2. The van der Waals surface area contributed by atoms with E-state index in [1.807, 2.05) is 0 Å². The zero-order chi connectivity index (χ0) is 27.2. The number of amides is 2. The highest BCUT2D eigenvalue weighted by Gasteiger charge is 2.34. The van der Waals surface area contributed by atoms with Crippen LogP contribution in [0.1, 0.15) is 29.4 Å². The molecular weight excluding hydrogens is 504 g/mol. The maximum atomic E-state index is 13.7. The van der Waals surface area contributed by atoms with Gasteiger partial charge >= 0.3 is 6.01 Å². The highest BCUT2D eigenvalue weighted by atomic mass is 32.2. The van der Waals surface area contributed by atoms with Crippen molar-refractivity contribution in [3.63, 3.8) is 0 Å². The fourth-order valence-corrected chi connectivity index (χ4v) is 3.60. The molecule has 2 amide bonds. The van der Waals surface area contributed by atoms with Gasteiger partial charge in [0.25, 0.3) is 5.91 Å². The molecule has 4 atom stereocenters. The second-order valence-electron chi connectivity index (χ2n) is 7.96. The molecule has 36 heavy (non-hydrogen) atoms. The lowest BCUT2D eigenvalue weighted by molar-refractivity contribution is -0.121. The molecule has 12 nitrogen and oxygen atoms in total. The van der Waals surface area contributed by atoms with E-state index in [1.54, 1.807) is 6.07 Å². The maximum Gasteiger partial charge on any atom is 0.311 e. The number of aliphatic hydroxyl groups is 2. The van der Waals surface area contributed by atoms with Crippen molar-refractivity contribution in [3.05, 3.63) is 47.4 Å². The first-order valence-corrected chi connectivity index (χ1v) is 12.2. The molecular formula is C21H25F2N5O7S. The lowest BCUT2D eigenvalue weighted by Crippen LogP contribution is -2.56. The Morgan fingerprint density at radius 3 is 2.28 bits per heavy atom. The zero-order valence-electron chi connectivity index (χ0n) is 19.5. The predicted molar refractivity (Wildman–Crippen MR) is 121 cm³/mol. The molecule has 15 heteroatoms. The Morgan fingerprint density at radius 1 is 1.17 bits per heavy atom. The number of oxazole rings is 1. The number of nitrogens with zero attached hydrogens (tertiary/aromatic N) is 3. The summed E-state index contributed by atoms with van der Waals surface area (Å²) in [6.07, 6.45) is -2.65. The van der Waals surface area contributed by atoms with Crippen LogP contribution < -0.4 is 14.9 Å². The molecule has 0 aliphatic rings. The van der Waals surface area contributed by atoms with Crippen molar-refractivity contribution in [1.82, 2.24) is 15.6 Å². The van der Waals surface area contributed by atoms with E-state index in [9.17, 15) is 37.0 Å². The van der Waals surface area contributed by atoms with Crippen LogP contribution in [-0.4, -0.2) is 73.0 Å². The predicted octanol–water partition coefficient (Wildman–Crippen LogP) is -0.170. The second kappa shape index (κ2) is 11.9. The van der Waals surface area contributed by atoms with Gasteiger partial charge in [0.05, 0.1) is 30.8 Å². The Bertz CT molecular complexity index is 1230. The number of rotatable bonds is 11. The normalized spacial score (nSPS) is 14.7. The van der Waals surface area contributed by atoms with Crippen LogP contribution in [0.25, 0.3) is 0 Å². The summed E-state index contributed by atoms with van der Waals surface area (Å²) in [5.41, 5.74) is -0.383. The molecule has 0 unspecified atom stereocenters. The molecule has 0 aliphatic carbocycles. The number of hydrogen-bond acceptors (Lipinski definition) is 9. The van der Waals surface area contributed by atoms with Crippen LogP contribution in [0.2, 0.25) is 0 Å². The Labute approximate surface area is 205 Å². The summed E-state index contributed by atoms with van der Waals surface area (Å²) in [6.45, 7) is 1.13. The van der Waals surface area contributed by atoms with E-state index in [-0.39, 0.29) is 12.0 Å². The van der Waals surface area contributed by atoms with Crippen LogP contribution in [0.15, 0.2) is 28.9 Å². The van der Waals surface area contributed by atoms with Gasteiger partial charge in [-0.05, 0) is 24.1 Å². The smallest absolute Gasteiger partial charge is 0.311 e. The number of aliphatic hydroxyl groups excluding tert-OH is 2. The van der Waals surface area contributed by atoms with Gasteiger partial charge in [0.15, 0.2) is 5.69 Å². The van der Waals surface area contributed by atoms with Gasteiger partial charge < -0.3 is 25.3 Å². The van der Waals surface area contributed by atoms with Gasteiger partial charge in [-0.3, -0.25) is 9.59 Å². The Balaban J connectivity index is 2.36. The molecule has 1 aromatic heterocycles. The highest BCUT2D eigenvalue weighted by Crippen LogP contribution is 2.18. The van der Waals surface area contributed by atoms with E-state index in [0.717, 1.165) is 38.6 Å². The molecule has 1 aromatic carbocycles. The molecule has 1 heterocycles. The highest BCUT2D eigenvalue weighted by molar-refractivity contribution is 7.92. The van der Waals surface area contributed by atoms with Crippen molar-refractivity contribution >= 4 is 27.9 Å². The number of halogens is 2. The summed E-state index contributed by atoms with van der Waals surface area (Å²) in [4.78, 5) is 28.0. The van der Waals surface area contributed by atoms with Crippen molar-refractivity contribution in [2.24, 2.45) is 0 Å². The first kappa shape index (κ1) is 28.6. The van der Waals surface area contributed by atoms with Crippen LogP contribution in [0.5, 0.6) is 0 Å². The number of anilines is 1. The Morgan fingerprint density at radius 2 is 1.75 bits per heavy atom. The van der Waals surface area contributed by atoms with E-state index in [0.29, 0.717) is 10.4 Å². The fourth-order valence-electron chi connectivity index (χ4n) is 3.23. The Kier molecular flexibility index (Phi) is 9.45. The number of hydrogen-bond donors (Lipinski definition) is 4. The summed E-state index contributed by atoms with van der Waals surface area (Å²) in [7, 11) is -2.61. The summed E-state index contributed by atoms with van der Waals surface area (Å²) >= 11 is 0. The first-order chi connectivity index (χ1) is 16.7. The maximum absolute atomic E-state index is 13.7. The number of benzene rings is 1. The van der Waals surface area contributed by atoms with Gasteiger partial charge in [-0.2, -0.15) is 10.2 Å². The topological polar surface area (TPSA) is 186 Å². The van der Waals surface area contributed by atoms with Gasteiger partial charge in [-0.1, -0.05) is 0 Å². The average molecular weight is 530 g/mol. The molecule has 0 bridgehead atoms. The molecule has 0 saturated carbocycles. The van der Waals surface area contributed by atoms with Gasteiger partial charge in [0.2, 0.25) is 15.9 Å². The van der Waals surface area contributed by atoms with Crippen molar-refractivity contribution < 1.29 is 41.4 Å². The number of nitriles is 1. The number of nitrogens with one attached hydrogen (secondary N) is 2. The van der Waals surface area contributed by atoms with Crippen LogP contribution in [0, 0.1) is 23.0 Å². The minimum atomic E-state index is -3.75. The van der Waals surface area contributed by atoms with Gasteiger partial charge in [0.1, 0.15) is 30.1 Å². The standard InChI is InChI=1S/C21H25F2N5O7S/c1-11(29)25-15(4-5-24)18(30)19(31)16(8-12-6-13(22)9-14(23)7-12)26-20(32)17-10-35-21(27-17)28(2)36(3,33)34/h6-7,9-10,15-16,18-19,30-31H,4,8H2,1-3H3,(H,25,29)(H,26,32)/t15-,16+,18-,19-/m1/s1. The molecule has 0 aliphatic heterocycles. The molecule has 0 radical (unpaired) electrons. The van der Waals surface area contributed by atoms with E-state index < -0.39 is 75.9 Å². The van der Waals surface area contributed by atoms with Gasteiger partial charge in [0, 0.05) is 20.0 Å². The molecule has 0 saturated heterocycles. The summed E-state index contributed by atoms with van der Waals surface area (Å²) in [6, 6.07) is 1.23. The number of sulfonamides is 1. The molecule has 0 spiro atoms. The molecule has 0 fully saturated rings. The molecule has 196 valence electrons. The summed E-state index contributed by atoms with van der Waals surface area (Å²) in [5.74, 6) is -3.41. The van der Waals surface area contributed by atoms with Crippen molar-refractivity contribution in [1.29, 1.82) is 5.26 Å². The SMILES string of the molecule is CC(=O)N[C@H](CC#N)[C@@H](O)[C@H](O)[C@H](Cc1cc(F)cc(F)c1)NC(=O)c1coc(N(C)S(C)(=O)=O)n1. The lowest BCUT2D eigenvalue weighted by atomic mass is 9.92. The van der Waals surface area contributed by atoms with Crippen molar-refractivity contribution in [2.75, 3.05) is 17.6 Å². The number of carbonyl (C=O) groups excluding carboxylic acids is 2. The van der Waals surface area contributed by atoms with Crippen molar-refractivity contribution in [3.8, 4) is 6.07 Å². The van der Waals surface area contributed by atoms with E-state index in [2.05, 4.69) is 15.6 Å². The van der Waals surface area contributed by atoms with Gasteiger partial charge in [-0.15, -0.1) is 0 Å². The minimum Gasteiger partial charge on any atom is -0.430 e. The summed E-state index contributed by atoms with van der Waals surface area (Å²) < 4.78 is 56.4. The Hall–Kier alpha value is -3.61. The third-order valence-electron chi connectivity index (χ3n) is 5.06. The average Bonchev–Trinajstić information content (AvgIpc) is 3.25. The molecule has 4 N–H and O–H groups in total. The van der Waals surface area contributed by atoms with Crippen molar-refractivity contribution in [2.45, 2.75) is 44.1 Å². The van der Waals surface area contributed by atoms with Crippen LogP contribution in [-0.2, 0) is 21.2 Å². The third-order valence-corrected chi connectivity index (χ3v) is 6.21. The minimum absolute atomic E-state index is 0.0121. The number of aromatic nitrogens is 1. The quantitative estimate of drug-likeness (QED) is 0.307. The van der Waals surface area contributed by atoms with E-state index >= 15 is 0 Å². The molecule has 2 aromatic rings. The zero-order valence-corrected chi connectivity index (χ0v) is 20.3.